The number of aliphatic carboxylic acids is 1. The predicted octanol–water partition coefficient (Wildman–Crippen LogP) is 6.04. The van der Waals surface area contributed by atoms with Crippen molar-refractivity contribution in [3.05, 3.63) is 0 Å². The lowest BCUT2D eigenvalue weighted by Crippen LogP contribution is -2.44. The molecule has 29 heavy (non-hydrogen) atoms. The van der Waals surface area contributed by atoms with Crippen LogP contribution in [0.25, 0.3) is 0 Å². The van der Waals surface area contributed by atoms with Crippen molar-refractivity contribution in [3.63, 3.8) is 0 Å². The van der Waals surface area contributed by atoms with Gasteiger partial charge >= 0.3 is 11.9 Å². The van der Waals surface area contributed by atoms with E-state index in [1.807, 2.05) is 6.92 Å². The van der Waals surface area contributed by atoms with Crippen molar-refractivity contribution in [3.8, 4) is 0 Å². The van der Waals surface area contributed by atoms with Crippen LogP contribution in [0.1, 0.15) is 87.0 Å². The van der Waals surface area contributed by atoms with Crippen LogP contribution in [0.5, 0.6) is 0 Å². The second-order valence-corrected chi connectivity index (χ2v) is 10.9. The van der Waals surface area contributed by atoms with E-state index >= 15 is 0 Å². The molecule has 0 radical (unpaired) electrons. The Morgan fingerprint density at radius 3 is 2.07 bits per heavy atom. The molecule has 2 aliphatic carbocycles. The minimum Gasteiger partial charge on any atom is -0.481 e. The molecule has 0 bridgehead atoms. The van der Waals surface area contributed by atoms with Crippen LogP contribution in [0, 0.1) is 53.3 Å². The normalized spacial score (nSPS) is 37.7. The molecule has 2 saturated carbocycles. The zero-order valence-corrected chi connectivity index (χ0v) is 19.7. The van der Waals surface area contributed by atoms with E-state index in [-0.39, 0.29) is 18.0 Å². The van der Waals surface area contributed by atoms with E-state index in [2.05, 4.69) is 41.5 Å². The largest absolute Gasteiger partial charge is 0.481 e. The molecule has 4 heteroatoms. The van der Waals surface area contributed by atoms with Gasteiger partial charge in [0.1, 0.15) is 6.10 Å². The predicted molar refractivity (Wildman–Crippen MR) is 116 cm³/mol. The lowest BCUT2D eigenvalue weighted by Gasteiger charge is -2.43. The number of carbonyl (C=O) groups is 2. The van der Waals surface area contributed by atoms with Crippen LogP contribution >= 0.6 is 0 Å². The Hall–Kier alpha value is -1.06. The Balaban J connectivity index is 2.22. The summed E-state index contributed by atoms with van der Waals surface area (Å²) in [5, 5.41) is 9.73. The fraction of sp³-hybridized carbons (Fsp3) is 0.920. The molecule has 7 unspecified atom stereocenters. The van der Waals surface area contributed by atoms with Crippen molar-refractivity contribution >= 4 is 11.9 Å². The molecule has 0 aromatic carbocycles. The highest BCUT2D eigenvalue weighted by atomic mass is 16.5. The van der Waals surface area contributed by atoms with Crippen LogP contribution in [-0.4, -0.2) is 23.1 Å². The first-order valence-electron chi connectivity index (χ1n) is 12.0. The van der Waals surface area contributed by atoms with E-state index in [1.165, 1.54) is 12.8 Å². The molecule has 0 spiro atoms. The van der Waals surface area contributed by atoms with Crippen molar-refractivity contribution < 1.29 is 19.4 Å². The molecule has 7 atom stereocenters. The van der Waals surface area contributed by atoms with Gasteiger partial charge in [0.25, 0.3) is 0 Å². The summed E-state index contributed by atoms with van der Waals surface area (Å²) in [7, 11) is 0. The van der Waals surface area contributed by atoms with E-state index < -0.39 is 17.8 Å². The molecule has 2 aliphatic rings. The van der Waals surface area contributed by atoms with Gasteiger partial charge in [0.2, 0.25) is 0 Å². The first kappa shape index (κ1) is 24.2. The molecule has 2 fully saturated rings. The van der Waals surface area contributed by atoms with Crippen LogP contribution in [0.3, 0.4) is 0 Å². The van der Waals surface area contributed by atoms with Gasteiger partial charge in [-0.25, -0.2) is 0 Å². The Kier molecular flexibility index (Phi) is 8.60. The smallest absolute Gasteiger partial charge is 0.310 e. The van der Waals surface area contributed by atoms with Crippen molar-refractivity contribution in [1.82, 2.24) is 0 Å². The van der Waals surface area contributed by atoms with Crippen LogP contribution in [0.15, 0.2) is 0 Å². The molecule has 1 N–H and O–H groups in total. The fourth-order valence-electron chi connectivity index (χ4n) is 6.23. The van der Waals surface area contributed by atoms with E-state index in [0.29, 0.717) is 41.9 Å². The van der Waals surface area contributed by atoms with Gasteiger partial charge in [-0.2, -0.15) is 0 Å². The first-order chi connectivity index (χ1) is 13.5. The summed E-state index contributed by atoms with van der Waals surface area (Å²) in [6.07, 6.45) is 5.55. The molecular weight excluding hydrogens is 364 g/mol. The van der Waals surface area contributed by atoms with Gasteiger partial charge < -0.3 is 9.84 Å². The van der Waals surface area contributed by atoms with Crippen molar-refractivity contribution in [2.45, 2.75) is 93.1 Å². The van der Waals surface area contributed by atoms with Crippen molar-refractivity contribution in [2.24, 2.45) is 53.3 Å². The zero-order valence-electron chi connectivity index (χ0n) is 19.7. The summed E-state index contributed by atoms with van der Waals surface area (Å²) in [6.45, 7) is 15.6. The molecule has 4 nitrogen and oxygen atoms in total. The number of hydrogen-bond donors (Lipinski definition) is 1. The molecule has 0 amide bonds. The Morgan fingerprint density at radius 1 is 0.966 bits per heavy atom. The van der Waals surface area contributed by atoms with Gasteiger partial charge in [0.15, 0.2) is 0 Å². The van der Waals surface area contributed by atoms with Gasteiger partial charge in [-0.15, -0.1) is 0 Å². The van der Waals surface area contributed by atoms with Crippen LogP contribution < -0.4 is 0 Å². The SMILES string of the molecule is CC1CC(C)C(C(CC(C)C(C)C)OC(=O)C2CCCC(C)C2C(=O)O)C(C)C1. The average Bonchev–Trinajstić information content (AvgIpc) is 2.59. The summed E-state index contributed by atoms with van der Waals surface area (Å²) < 4.78 is 6.25. The van der Waals surface area contributed by atoms with E-state index in [4.69, 9.17) is 4.74 Å². The van der Waals surface area contributed by atoms with Crippen molar-refractivity contribution in [1.29, 1.82) is 0 Å². The zero-order chi connectivity index (χ0) is 21.9. The molecule has 2 rings (SSSR count). The summed E-state index contributed by atoms with van der Waals surface area (Å²) in [6, 6.07) is 0. The van der Waals surface area contributed by atoms with Gasteiger partial charge in [-0.05, 0) is 67.6 Å². The second-order valence-electron chi connectivity index (χ2n) is 10.9. The van der Waals surface area contributed by atoms with Gasteiger partial charge in [-0.1, -0.05) is 54.9 Å². The fourth-order valence-corrected chi connectivity index (χ4v) is 6.23. The van der Waals surface area contributed by atoms with Gasteiger partial charge in [-0.3, -0.25) is 9.59 Å². The third kappa shape index (κ3) is 5.98. The molecular formula is C25H44O4. The molecule has 0 aliphatic heterocycles. The summed E-state index contributed by atoms with van der Waals surface area (Å²) in [4.78, 5) is 25.1. The van der Waals surface area contributed by atoms with Crippen LogP contribution in [-0.2, 0) is 14.3 Å². The summed E-state index contributed by atoms with van der Waals surface area (Å²) in [5.41, 5.74) is 0. The monoisotopic (exact) mass is 408 g/mol. The van der Waals surface area contributed by atoms with E-state index in [9.17, 15) is 14.7 Å². The maximum atomic E-state index is 13.3. The number of rotatable bonds is 7. The number of carboxylic acids is 1. The standard InChI is InChI=1S/C25H44O4/c1-14(2)17(5)13-21(22-18(6)11-15(3)12-19(22)7)29-25(28)20-10-8-9-16(4)23(20)24(26)27/h14-23H,8-13H2,1-7H3,(H,26,27). The topological polar surface area (TPSA) is 63.6 Å². The first-order valence-corrected chi connectivity index (χ1v) is 12.0. The third-order valence-corrected chi connectivity index (χ3v) is 8.11. The van der Waals surface area contributed by atoms with Crippen LogP contribution in [0.4, 0.5) is 0 Å². The molecule has 0 heterocycles. The number of ether oxygens (including phenoxy) is 1. The Morgan fingerprint density at radius 2 is 1.55 bits per heavy atom. The minimum absolute atomic E-state index is 0.0280. The number of hydrogen-bond acceptors (Lipinski definition) is 3. The molecule has 0 aromatic rings. The second kappa shape index (κ2) is 10.3. The molecule has 0 saturated heterocycles. The lowest BCUT2D eigenvalue weighted by atomic mass is 9.66. The Labute approximate surface area is 178 Å². The highest BCUT2D eigenvalue weighted by Gasteiger charge is 2.44. The van der Waals surface area contributed by atoms with E-state index in [1.54, 1.807) is 0 Å². The summed E-state index contributed by atoms with van der Waals surface area (Å²) in [5.74, 6) is 0.923. The highest BCUT2D eigenvalue weighted by molar-refractivity contribution is 5.81. The quantitative estimate of drug-likeness (QED) is 0.522. The number of esters is 1. The lowest BCUT2D eigenvalue weighted by molar-refractivity contribution is -0.171. The third-order valence-electron chi connectivity index (χ3n) is 8.11. The van der Waals surface area contributed by atoms with Gasteiger partial charge in [0.05, 0.1) is 11.8 Å². The molecule has 168 valence electrons. The van der Waals surface area contributed by atoms with E-state index in [0.717, 1.165) is 19.3 Å². The molecule has 0 aromatic heterocycles. The van der Waals surface area contributed by atoms with Crippen LogP contribution in [0.2, 0.25) is 0 Å². The maximum Gasteiger partial charge on any atom is 0.310 e. The summed E-state index contributed by atoms with van der Waals surface area (Å²) >= 11 is 0. The Bertz CT molecular complexity index is 545. The highest BCUT2D eigenvalue weighted by Crippen LogP contribution is 2.43. The van der Waals surface area contributed by atoms with Gasteiger partial charge in [0, 0.05) is 5.92 Å². The van der Waals surface area contributed by atoms with Crippen molar-refractivity contribution in [2.75, 3.05) is 0 Å². The minimum atomic E-state index is -0.848. The maximum absolute atomic E-state index is 13.3. The number of carbonyl (C=O) groups excluding carboxylic acids is 1. The average molecular weight is 409 g/mol. The number of carboxylic acid groups (broad SMARTS) is 1.